The highest BCUT2D eigenvalue weighted by Crippen LogP contribution is 2.41. The lowest BCUT2D eigenvalue weighted by atomic mass is 9.77. The molecule has 1 aliphatic rings. The van der Waals surface area contributed by atoms with Crippen molar-refractivity contribution in [1.29, 1.82) is 0 Å². The molecule has 1 amide bonds. The van der Waals surface area contributed by atoms with Crippen molar-refractivity contribution in [3.05, 3.63) is 71.5 Å². The smallest absolute Gasteiger partial charge is 0.257 e. The van der Waals surface area contributed by atoms with E-state index < -0.39 is 17.3 Å². The molecule has 7 heteroatoms. The fourth-order valence-corrected chi connectivity index (χ4v) is 4.02. The van der Waals surface area contributed by atoms with Gasteiger partial charge in [-0.15, -0.1) is 0 Å². The number of benzene rings is 2. The number of carbonyl (C=O) groups is 1. The monoisotopic (exact) mass is 402 g/mol. The molecule has 1 heterocycles. The summed E-state index contributed by atoms with van der Waals surface area (Å²) in [5, 5.41) is 15.8. The highest BCUT2D eigenvalue weighted by Gasteiger charge is 2.51. The standard InChI is InChI=1S/C21H23FN2O3S/c1-2-18-16(12-25)21(13-27-18,15-10-6-7-11-17(15)22)24-20(28)23-19(26)14-8-4-3-5-9-14/h3-11,16,18,25H,2,12-13H2,1H3,(H2,23,24,26,28)/t16-,18-,21-/m1/s1. The van der Waals surface area contributed by atoms with Gasteiger partial charge in [0.2, 0.25) is 0 Å². The number of amides is 1. The fourth-order valence-electron chi connectivity index (χ4n) is 3.75. The second-order valence-corrected chi connectivity index (χ2v) is 7.18. The Morgan fingerprint density at radius 1 is 1.25 bits per heavy atom. The molecule has 0 radical (unpaired) electrons. The van der Waals surface area contributed by atoms with E-state index >= 15 is 0 Å². The maximum atomic E-state index is 14.7. The van der Waals surface area contributed by atoms with Gasteiger partial charge in [0.15, 0.2) is 5.11 Å². The zero-order valence-corrected chi connectivity index (χ0v) is 16.3. The van der Waals surface area contributed by atoms with Crippen molar-refractivity contribution in [1.82, 2.24) is 10.6 Å². The predicted octanol–water partition coefficient (Wildman–Crippen LogP) is 2.74. The van der Waals surface area contributed by atoms with Gasteiger partial charge < -0.3 is 15.2 Å². The third-order valence-electron chi connectivity index (χ3n) is 5.16. The first-order valence-electron chi connectivity index (χ1n) is 9.18. The average Bonchev–Trinajstić information content (AvgIpc) is 3.06. The lowest BCUT2D eigenvalue weighted by Crippen LogP contribution is -2.56. The molecule has 3 N–H and O–H groups in total. The zero-order chi connectivity index (χ0) is 20.1. The summed E-state index contributed by atoms with van der Waals surface area (Å²) < 4.78 is 20.6. The van der Waals surface area contributed by atoms with Gasteiger partial charge in [-0.25, -0.2) is 4.39 Å². The largest absolute Gasteiger partial charge is 0.396 e. The van der Waals surface area contributed by atoms with Crippen LogP contribution in [0.4, 0.5) is 4.39 Å². The van der Waals surface area contributed by atoms with Crippen molar-refractivity contribution >= 4 is 23.2 Å². The van der Waals surface area contributed by atoms with Crippen LogP contribution >= 0.6 is 12.2 Å². The van der Waals surface area contributed by atoms with Gasteiger partial charge >= 0.3 is 0 Å². The highest BCUT2D eigenvalue weighted by molar-refractivity contribution is 7.80. The Morgan fingerprint density at radius 3 is 2.57 bits per heavy atom. The van der Waals surface area contributed by atoms with Crippen LogP contribution in [0, 0.1) is 11.7 Å². The molecule has 2 aromatic carbocycles. The van der Waals surface area contributed by atoms with Gasteiger partial charge in [0, 0.05) is 17.0 Å². The Hall–Kier alpha value is -2.35. The minimum atomic E-state index is -1.08. The first-order valence-corrected chi connectivity index (χ1v) is 9.58. The van der Waals surface area contributed by atoms with Gasteiger partial charge in [-0.3, -0.25) is 10.1 Å². The van der Waals surface area contributed by atoms with Crippen molar-refractivity contribution in [2.45, 2.75) is 25.0 Å². The summed E-state index contributed by atoms with van der Waals surface area (Å²) in [6, 6.07) is 15.0. The van der Waals surface area contributed by atoms with Crippen LogP contribution in [0.3, 0.4) is 0 Å². The number of hydrogen-bond donors (Lipinski definition) is 3. The van der Waals surface area contributed by atoms with E-state index in [0.717, 1.165) is 0 Å². The number of carbonyl (C=O) groups excluding carboxylic acids is 1. The molecule has 2 aromatic rings. The molecular weight excluding hydrogens is 379 g/mol. The van der Waals surface area contributed by atoms with Gasteiger partial charge in [-0.05, 0) is 36.8 Å². The van der Waals surface area contributed by atoms with Gasteiger partial charge in [0.25, 0.3) is 5.91 Å². The third kappa shape index (κ3) is 3.92. The summed E-state index contributed by atoms with van der Waals surface area (Å²) in [5.74, 6) is -1.22. The van der Waals surface area contributed by atoms with E-state index in [1.165, 1.54) is 6.07 Å². The summed E-state index contributed by atoms with van der Waals surface area (Å²) >= 11 is 5.36. The first-order chi connectivity index (χ1) is 13.5. The summed E-state index contributed by atoms with van der Waals surface area (Å²) in [5.41, 5.74) is -0.275. The maximum absolute atomic E-state index is 14.7. The van der Waals surface area contributed by atoms with Crippen LogP contribution in [-0.4, -0.2) is 35.4 Å². The summed E-state index contributed by atoms with van der Waals surface area (Å²) in [6.07, 6.45) is 0.399. The van der Waals surface area contributed by atoms with Crippen LogP contribution in [0.25, 0.3) is 0 Å². The average molecular weight is 402 g/mol. The fraction of sp³-hybridized carbons (Fsp3) is 0.333. The van der Waals surface area contributed by atoms with E-state index in [-0.39, 0.29) is 30.3 Å². The first kappa shape index (κ1) is 20.4. The molecule has 1 saturated heterocycles. The SMILES string of the molecule is CC[C@H]1OC[C@@](NC(=S)NC(=O)c2ccccc2)(c2ccccc2F)[C@@H]1CO. The van der Waals surface area contributed by atoms with Gasteiger partial charge in [-0.2, -0.15) is 0 Å². The summed E-state index contributed by atoms with van der Waals surface area (Å²) in [7, 11) is 0. The van der Waals surface area contributed by atoms with E-state index in [0.29, 0.717) is 17.5 Å². The summed E-state index contributed by atoms with van der Waals surface area (Å²) in [6.45, 7) is 1.86. The van der Waals surface area contributed by atoms with Gasteiger partial charge in [-0.1, -0.05) is 43.3 Å². The number of hydrogen-bond acceptors (Lipinski definition) is 4. The van der Waals surface area contributed by atoms with Crippen molar-refractivity contribution in [3.8, 4) is 0 Å². The van der Waals surface area contributed by atoms with E-state index in [1.807, 2.05) is 13.0 Å². The lowest BCUT2D eigenvalue weighted by Gasteiger charge is -2.37. The molecule has 1 aliphatic heterocycles. The Balaban J connectivity index is 1.89. The second-order valence-electron chi connectivity index (χ2n) is 6.77. The normalized spacial score (nSPS) is 24.0. The molecule has 28 heavy (non-hydrogen) atoms. The van der Waals surface area contributed by atoms with Crippen molar-refractivity contribution in [3.63, 3.8) is 0 Å². The predicted molar refractivity (Wildman–Crippen MR) is 108 cm³/mol. The van der Waals surface area contributed by atoms with Crippen LogP contribution < -0.4 is 10.6 Å². The minimum absolute atomic E-state index is 0.0518. The van der Waals surface area contributed by atoms with Crippen LogP contribution in [-0.2, 0) is 10.3 Å². The van der Waals surface area contributed by atoms with E-state index in [1.54, 1.807) is 42.5 Å². The second kappa shape index (κ2) is 8.77. The quantitative estimate of drug-likeness (QED) is 0.671. The Morgan fingerprint density at radius 2 is 1.93 bits per heavy atom. The topological polar surface area (TPSA) is 70.6 Å². The third-order valence-corrected chi connectivity index (χ3v) is 5.36. The maximum Gasteiger partial charge on any atom is 0.257 e. The molecule has 0 bridgehead atoms. The molecule has 5 nitrogen and oxygen atoms in total. The van der Waals surface area contributed by atoms with Crippen LogP contribution in [0.15, 0.2) is 54.6 Å². The van der Waals surface area contributed by atoms with Crippen molar-refractivity contribution < 1.29 is 19.0 Å². The van der Waals surface area contributed by atoms with E-state index in [4.69, 9.17) is 17.0 Å². The highest BCUT2D eigenvalue weighted by atomic mass is 32.1. The number of halogens is 1. The van der Waals surface area contributed by atoms with Crippen LogP contribution in [0.2, 0.25) is 0 Å². The zero-order valence-electron chi connectivity index (χ0n) is 15.5. The summed E-state index contributed by atoms with van der Waals surface area (Å²) in [4.78, 5) is 12.4. The molecule has 0 aliphatic carbocycles. The number of rotatable bonds is 5. The van der Waals surface area contributed by atoms with E-state index in [2.05, 4.69) is 10.6 Å². The molecule has 3 rings (SSSR count). The molecule has 3 atom stereocenters. The number of aliphatic hydroxyl groups excluding tert-OH is 1. The molecule has 0 unspecified atom stereocenters. The molecule has 0 aromatic heterocycles. The number of thiocarbonyl (C=S) groups is 1. The molecule has 0 saturated carbocycles. The van der Waals surface area contributed by atoms with Crippen LogP contribution in [0.1, 0.15) is 29.3 Å². The minimum Gasteiger partial charge on any atom is -0.396 e. The number of ether oxygens (including phenoxy) is 1. The lowest BCUT2D eigenvalue weighted by molar-refractivity contribution is 0.0692. The molecule has 148 valence electrons. The van der Waals surface area contributed by atoms with Crippen LogP contribution in [0.5, 0.6) is 0 Å². The number of nitrogens with one attached hydrogen (secondary N) is 2. The Labute approximate surface area is 168 Å². The Bertz CT molecular complexity index is 849. The van der Waals surface area contributed by atoms with E-state index in [9.17, 15) is 14.3 Å². The van der Waals surface area contributed by atoms with Crippen molar-refractivity contribution in [2.75, 3.05) is 13.2 Å². The van der Waals surface area contributed by atoms with Crippen molar-refractivity contribution in [2.24, 2.45) is 5.92 Å². The number of aliphatic hydroxyl groups is 1. The van der Waals surface area contributed by atoms with Gasteiger partial charge in [0.05, 0.1) is 24.9 Å². The molecular formula is C21H23FN2O3S. The van der Waals surface area contributed by atoms with Gasteiger partial charge in [0.1, 0.15) is 5.82 Å². The Kier molecular flexibility index (Phi) is 6.39. The molecule has 0 spiro atoms. The molecule has 1 fully saturated rings.